The molecular formula is C22H24N6O4. The van der Waals surface area contributed by atoms with Gasteiger partial charge in [-0.15, -0.1) is 0 Å². The van der Waals surface area contributed by atoms with Crippen LogP contribution in [-0.2, 0) is 17.9 Å². The minimum Gasteiger partial charge on any atom is -0.359 e. The molecule has 0 atom stereocenters. The van der Waals surface area contributed by atoms with Crippen molar-refractivity contribution in [2.45, 2.75) is 20.0 Å². The molecule has 2 amide bonds. The van der Waals surface area contributed by atoms with Crippen molar-refractivity contribution in [1.82, 2.24) is 24.8 Å². The topological polar surface area (TPSA) is 120 Å². The molecule has 1 fully saturated rings. The van der Waals surface area contributed by atoms with Gasteiger partial charge < -0.3 is 20.1 Å². The quantitative estimate of drug-likeness (QED) is 0.594. The highest BCUT2D eigenvalue weighted by Gasteiger charge is 2.24. The van der Waals surface area contributed by atoms with E-state index in [4.69, 9.17) is 0 Å². The smallest absolute Gasteiger partial charge is 0.328 e. The molecule has 10 nitrogen and oxygen atoms in total. The SMILES string of the molecule is CCn1c(=O)[nH]c2cc(CN3CCN(c4ccc(C(=O)NC)nc4)CC3=O)ccc2c1=O. The number of nitrogens with zero attached hydrogens (tertiary/aromatic N) is 4. The maximum atomic E-state index is 12.7. The van der Waals surface area contributed by atoms with Crippen LogP contribution in [0, 0.1) is 0 Å². The Morgan fingerprint density at radius 3 is 2.62 bits per heavy atom. The van der Waals surface area contributed by atoms with Gasteiger partial charge in [0.2, 0.25) is 5.91 Å². The van der Waals surface area contributed by atoms with Crippen LogP contribution in [0.25, 0.3) is 10.9 Å². The average Bonchev–Trinajstić information content (AvgIpc) is 2.80. The number of fused-ring (bicyclic) bond motifs is 1. The number of rotatable bonds is 5. The van der Waals surface area contributed by atoms with Gasteiger partial charge in [-0.25, -0.2) is 9.78 Å². The lowest BCUT2D eigenvalue weighted by molar-refractivity contribution is -0.131. The first kappa shape index (κ1) is 21.3. The number of aromatic nitrogens is 3. The predicted molar refractivity (Wildman–Crippen MR) is 120 cm³/mol. The van der Waals surface area contributed by atoms with Crippen molar-refractivity contribution < 1.29 is 9.59 Å². The van der Waals surface area contributed by atoms with Crippen LogP contribution in [0.5, 0.6) is 0 Å². The number of hydrogen-bond donors (Lipinski definition) is 2. The molecular weight excluding hydrogens is 412 g/mol. The van der Waals surface area contributed by atoms with Crippen LogP contribution in [0.2, 0.25) is 0 Å². The van der Waals surface area contributed by atoms with E-state index in [0.29, 0.717) is 42.8 Å². The van der Waals surface area contributed by atoms with Gasteiger partial charge >= 0.3 is 5.69 Å². The van der Waals surface area contributed by atoms with Crippen LogP contribution >= 0.6 is 0 Å². The van der Waals surface area contributed by atoms with Crippen molar-refractivity contribution in [2.75, 3.05) is 31.6 Å². The van der Waals surface area contributed by atoms with E-state index in [2.05, 4.69) is 15.3 Å². The number of aromatic amines is 1. The minimum atomic E-state index is -0.442. The molecule has 0 spiro atoms. The first-order chi connectivity index (χ1) is 15.4. The molecule has 2 aromatic heterocycles. The van der Waals surface area contributed by atoms with E-state index in [9.17, 15) is 19.2 Å². The highest BCUT2D eigenvalue weighted by molar-refractivity contribution is 5.92. The Labute approximate surface area is 183 Å². The molecule has 0 saturated carbocycles. The third-order valence-corrected chi connectivity index (χ3v) is 5.63. The van der Waals surface area contributed by atoms with Crippen LogP contribution in [-0.4, -0.2) is 57.9 Å². The largest absolute Gasteiger partial charge is 0.359 e. The number of anilines is 1. The molecule has 0 unspecified atom stereocenters. The zero-order chi connectivity index (χ0) is 22.8. The summed E-state index contributed by atoms with van der Waals surface area (Å²) in [6.45, 7) is 3.77. The lowest BCUT2D eigenvalue weighted by Gasteiger charge is -2.35. The molecule has 2 N–H and O–H groups in total. The van der Waals surface area contributed by atoms with Gasteiger partial charge in [0.05, 0.1) is 29.3 Å². The van der Waals surface area contributed by atoms with E-state index in [-0.39, 0.29) is 23.9 Å². The van der Waals surface area contributed by atoms with Gasteiger partial charge in [0.15, 0.2) is 0 Å². The molecule has 32 heavy (non-hydrogen) atoms. The van der Waals surface area contributed by atoms with Gasteiger partial charge in [-0.1, -0.05) is 6.07 Å². The van der Waals surface area contributed by atoms with Crippen LogP contribution in [0.15, 0.2) is 46.1 Å². The molecule has 1 aromatic carbocycles. The number of hydrogen-bond acceptors (Lipinski definition) is 6. The highest BCUT2D eigenvalue weighted by Crippen LogP contribution is 2.18. The van der Waals surface area contributed by atoms with E-state index in [0.717, 1.165) is 15.8 Å². The number of nitrogens with one attached hydrogen (secondary N) is 2. The van der Waals surface area contributed by atoms with Gasteiger partial charge in [0.1, 0.15) is 5.69 Å². The van der Waals surface area contributed by atoms with Crippen LogP contribution in [0.4, 0.5) is 5.69 Å². The van der Waals surface area contributed by atoms with Gasteiger partial charge in [0, 0.05) is 33.2 Å². The molecule has 1 aliphatic rings. The number of piperazine rings is 1. The van der Waals surface area contributed by atoms with E-state index in [1.165, 1.54) is 0 Å². The Hall–Kier alpha value is -3.95. The Balaban J connectivity index is 1.47. The molecule has 1 aliphatic heterocycles. The fraction of sp³-hybridized carbons (Fsp3) is 0.318. The molecule has 10 heteroatoms. The third-order valence-electron chi connectivity index (χ3n) is 5.63. The Morgan fingerprint density at radius 1 is 1.16 bits per heavy atom. The minimum absolute atomic E-state index is 0.0402. The molecule has 0 aliphatic carbocycles. The second-order valence-corrected chi connectivity index (χ2v) is 7.58. The van der Waals surface area contributed by atoms with Crippen molar-refractivity contribution in [3.05, 3.63) is 68.6 Å². The van der Waals surface area contributed by atoms with Crippen LogP contribution in [0.1, 0.15) is 23.0 Å². The lowest BCUT2D eigenvalue weighted by atomic mass is 10.1. The van der Waals surface area contributed by atoms with Gasteiger partial charge in [-0.05, 0) is 36.8 Å². The number of benzene rings is 1. The molecule has 3 aromatic rings. The van der Waals surface area contributed by atoms with Crippen molar-refractivity contribution in [2.24, 2.45) is 0 Å². The van der Waals surface area contributed by atoms with Gasteiger partial charge in [-0.2, -0.15) is 0 Å². The van der Waals surface area contributed by atoms with E-state index in [1.807, 2.05) is 11.0 Å². The van der Waals surface area contributed by atoms with Crippen LogP contribution in [0.3, 0.4) is 0 Å². The summed E-state index contributed by atoms with van der Waals surface area (Å²) in [6, 6.07) is 8.66. The van der Waals surface area contributed by atoms with E-state index >= 15 is 0 Å². The predicted octanol–water partition coefficient (Wildman–Crippen LogP) is 0.313. The summed E-state index contributed by atoms with van der Waals surface area (Å²) in [7, 11) is 1.55. The fourth-order valence-electron chi connectivity index (χ4n) is 3.84. The molecule has 0 bridgehead atoms. The first-order valence-corrected chi connectivity index (χ1v) is 10.4. The summed E-state index contributed by atoms with van der Waals surface area (Å²) in [5, 5.41) is 2.97. The molecule has 3 heterocycles. The monoisotopic (exact) mass is 436 g/mol. The summed E-state index contributed by atoms with van der Waals surface area (Å²) < 4.78 is 1.15. The first-order valence-electron chi connectivity index (χ1n) is 10.4. The van der Waals surface area contributed by atoms with Crippen molar-refractivity contribution >= 4 is 28.4 Å². The van der Waals surface area contributed by atoms with Crippen molar-refractivity contribution in [1.29, 1.82) is 0 Å². The summed E-state index contributed by atoms with van der Waals surface area (Å²) in [5.41, 5.74) is 1.64. The Kier molecular flexibility index (Phi) is 5.76. The van der Waals surface area contributed by atoms with Crippen molar-refractivity contribution in [3.63, 3.8) is 0 Å². The highest BCUT2D eigenvalue weighted by atomic mass is 16.2. The number of carbonyl (C=O) groups is 2. The van der Waals surface area contributed by atoms with E-state index in [1.54, 1.807) is 49.3 Å². The molecule has 4 rings (SSSR count). The van der Waals surface area contributed by atoms with E-state index < -0.39 is 5.69 Å². The molecule has 0 radical (unpaired) electrons. The molecule has 1 saturated heterocycles. The third kappa shape index (κ3) is 3.98. The second kappa shape index (κ2) is 8.66. The molecule has 166 valence electrons. The summed E-state index contributed by atoms with van der Waals surface area (Å²) >= 11 is 0. The average molecular weight is 436 g/mol. The standard InChI is InChI=1S/C22H24N6O4/c1-3-28-21(31)16-6-4-14(10-18(16)25-22(28)32)12-27-9-8-26(13-19(27)29)15-5-7-17(24-11-15)20(30)23-2/h4-7,10-11H,3,8-9,12-13H2,1-2H3,(H,23,30)(H,25,32). The van der Waals surface area contributed by atoms with Gasteiger partial charge in [-0.3, -0.25) is 19.0 Å². The number of amides is 2. The second-order valence-electron chi connectivity index (χ2n) is 7.58. The summed E-state index contributed by atoms with van der Waals surface area (Å²) in [4.78, 5) is 59.5. The fourth-order valence-corrected chi connectivity index (χ4v) is 3.84. The Bertz CT molecular complexity index is 1290. The lowest BCUT2D eigenvalue weighted by Crippen LogP contribution is -2.50. The van der Waals surface area contributed by atoms with Gasteiger partial charge in [0.25, 0.3) is 11.5 Å². The number of carbonyl (C=O) groups excluding carboxylic acids is 2. The normalized spacial score (nSPS) is 14.1. The maximum absolute atomic E-state index is 12.7. The Morgan fingerprint density at radius 2 is 1.97 bits per heavy atom. The zero-order valence-corrected chi connectivity index (χ0v) is 17.9. The maximum Gasteiger partial charge on any atom is 0.328 e. The van der Waals surface area contributed by atoms with Crippen molar-refractivity contribution in [3.8, 4) is 0 Å². The zero-order valence-electron chi connectivity index (χ0n) is 17.9. The summed E-state index contributed by atoms with van der Waals surface area (Å²) in [6.07, 6.45) is 1.59. The van der Waals surface area contributed by atoms with Crippen LogP contribution < -0.4 is 21.5 Å². The summed E-state index contributed by atoms with van der Waals surface area (Å²) in [5.74, 6) is -0.301. The number of H-pyrrole nitrogens is 1. The number of pyridine rings is 1.